The van der Waals surface area contributed by atoms with E-state index in [1.54, 1.807) is 30.3 Å². The minimum absolute atomic E-state index is 0.0725. The third-order valence-corrected chi connectivity index (χ3v) is 9.29. The Kier molecular flexibility index (Phi) is 6.87. The number of thioether (sulfide) groups is 1. The van der Waals surface area contributed by atoms with Crippen LogP contribution in [0.3, 0.4) is 0 Å². The zero-order valence-corrected chi connectivity index (χ0v) is 21.4. The van der Waals surface area contributed by atoms with Crippen molar-refractivity contribution in [1.82, 2.24) is 0 Å². The number of benzene rings is 3. The molecule has 200 valence electrons. The number of carboxylic acid groups (broad SMARTS) is 1. The molecule has 2 N–H and O–H groups in total. The number of fused-ring (bicyclic) bond motifs is 3. The number of halogens is 1. The van der Waals surface area contributed by atoms with E-state index < -0.39 is 43.3 Å². The number of non-ortho nitro benzene ring substituents is 1. The summed E-state index contributed by atoms with van der Waals surface area (Å²) in [6.45, 7) is 0. The summed E-state index contributed by atoms with van der Waals surface area (Å²) in [5.41, 5.74) is 0.202. The molecular formula is C25H19ClN4O8S. The molecule has 1 heterocycles. The Morgan fingerprint density at radius 1 is 0.923 bits per heavy atom. The number of hydrogen-bond donors (Lipinski definition) is 2. The number of nitrogens with zero attached hydrogens (tertiary/aromatic N) is 3. The van der Waals surface area contributed by atoms with Gasteiger partial charge in [-0.1, -0.05) is 24.3 Å². The summed E-state index contributed by atoms with van der Waals surface area (Å²) >= 11 is 8.22. The summed E-state index contributed by atoms with van der Waals surface area (Å²) < 4.78 is 0. The van der Waals surface area contributed by atoms with Crippen LogP contribution in [-0.2, 0) is 0 Å². The summed E-state index contributed by atoms with van der Waals surface area (Å²) in [6.07, 6.45) is 0.387. The van der Waals surface area contributed by atoms with Crippen LogP contribution >= 0.6 is 23.4 Å². The van der Waals surface area contributed by atoms with Gasteiger partial charge in [0.05, 0.1) is 47.9 Å². The molecule has 5 rings (SSSR count). The summed E-state index contributed by atoms with van der Waals surface area (Å²) in [7, 11) is 0. The number of carbonyl (C=O) groups is 1. The lowest BCUT2D eigenvalue weighted by Gasteiger charge is -2.38. The van der Waals surface area contributed by atoms with E-state index in [2.05, 4.69) is 5.32 Å². The average Bonchev–Trinajstić information content (AvgIpc) is 3.23. The molecule has 1 saturated carbocycles. The molecule has 0 aromatic heterocycles. The van der Waals surface area contributed by atoms with Crippen LogP contribution in [0.15, 0.2) is 65.6 Å². The number of aromatic carboxylic acids is 1. The van der Waals surface area contributed by atoms with E-state index in [1.165, 1.54) is 30.0 Å². The Morgan fingerprint density at radius 2 is 1.59 bits per heavy atom. The molecule has 3 aromatic carbocycles. The zero-order valence-electron chi connectivity index (χ0n) is 19.8. The first-order chi connectivity index (χ1) is 18.6. The fourth-order valence-electron chi connectivity index (χ4n) is 5.55. The van der Waals surface area contributed by atoms with Gasteiger partial charge in [-0.05, 0) is 30.0 Å². The fourth-order valence-corrected chi connectivity index (χ4v) is 7.48. The summed E-state index contributed by atoms with van der Waals surface area (Å²) in [4.78, 5) is 45.7. The third kappa shape index (κ3) is 4.63. The molecule has 14 heteroatoms. The van der Waals surface area contributed by atoms with Crippen molar-refractivity contribution < 1.29 is 24.7 Å². The van der Waals surface area contributed by atoms with Crippen molar-refractivity contribution in [3.05, 3.63) is 108 Å². The molecule has 5 atom stereocenters. The smallest absolute Gasteiger partial charge is 0.337 e. The lowest BCUT2D eigenvalue weighted by molar-refractivity contribution is -0.387. The van der Waals surface area contributed by atoms with Gasteiger partial charge < -0.3 is 10.4 Å². The minimum atomic E-state index is -1.29. The highest BCUT2D eigenvalue weighted by Gasteiger charge is 2.53. The molecule has 0 spiro atoms. The van der Waals surface area contributed by atoms with E-state index in [-0.39, 0.29) is 39.8 Å². The quantitative estimate of drug-likeness (QED) is 0.190. The van der Waals surface area contributed by atoms with Crippen LogP contribution in [-0.4, -0.2) is 36.5 Å². The highest BCUT2D eigenvalue weighted by atomic mass is 35.5. The maximum absolute atomic E-state index is 12.1. The normalized spacial score (nSPS) is 23.3. The highest BCUT2D eigenvalue weighted by Crippen LogP contribution is 2.60. The monoisotopic (exact) mass is 570 g/mol. The molecule has 1 fully saturated rings. The van der Waals surface area contributed by atoms with Gasteiger partial charge >= 0.3 is 5.97 Å². The van der Waals surface area contributed by atoms with Gasteiger partial charge in [-0.2, -0.15) is 0 Å². The topological polar surface area (TPSA) is 179 Å². The lowest BCUT2D eigenvalue weighted by atomic mass is 9.75. The minimum Gasteiger partial charge on any atom is -0.478 e. The number of nitro benzene ring substituents is 3. The van der Waals surface area contributed by atoms with E-state index >= 15 is 0 Å². The Balaban J connectivity index is 1.65. The largest absolute Gasteiger partial charge is 0.478 e. The van der Waals surface area contributed by atoms with E-state index in [0.717, 1.165) is 12.1 Å². The first kappa shape index (κ1) is 26.4. The second-order valence-corrected chi connectivity index (χ2v) is 11.0. The van der Waals surface area contributed by atoms with Gasteiger partial charge in [-0.3, -0.25) is 30.3 Å². The Labute approximate surface area is 229 Å². The van der Waals surface area contributed by atoms with Crippen LogP contribution in [0.25, 0.3) is 0 Å². The summed E-state index contributed by atoms with van der Waals surface area (Å²) in [5.74, 6) is -2.35. The van der Waals surface area contributed by atoms with Gasteiger partial charge in [0.15, 0.2) is 0 Å². The number of anilines is 1. The molecule has 0 bridgehead atoms. The van der Waals surface area contributed by atoms with Crippen molar-refractivity contribution in [1.29, 1.82) is 0 Å². The first-order valence-electron chi connectivity index (χ1n) is 11.7. The number of nitrogens with one attached hydrogen (secondary N) is 1. The van der Waals surface area contributed by atoms with Crippen molar-refractivity contribution in [3.63, 3.8) is 0 Å². The predicted octanol–water partition coefficient (Wildman–Crippen LogP) is 6.15. The van der Waals surface area contributed by atoms with Gasteiger partial charge in [-0.15, -0.1) is 23.4 Å². The van der Waals surface area contributed by atoms with Crippen LogP contribution in [0.1, 0.15) is 39.9 Å². The number of rotatable bonds is 7. The fraction of sp³-hybridized carbons (Fsp3) is 0.240. The highest BCUT2D eigenvalue weighted by molar-refractivity contribution is 8.00. The molecule has 2 aliphatic rings. The molecule has 39 heavy (non-hydrogen) atoms. The van der Waals surface area contributed by atoms with Gasteiger partial charge in [0.1, 0.15) is 0 Å². The maximum Gasteiger partial charge on any atom is 0.337 e. The first-order valence-corrected chi connectivity index (χ1v) is 13.0. The molecule has 1 aliphatic heterocycles. The van der Waals surface area contributed by atoms with Crippen molar-refractivity contribution in [2.24, 2.45) is 5.92 Å². The number of nitro groups is 3. The molecule has 3 aromatic rings. The van der Waals surface area contributed by atoms with Crippen LogP contribution in [0.5, 0.6) is 0 Å². The Bertz CT molecular complexity index is 1520. The van der Waals surface area contributed by atoms with Crippen LogP contribution in [0.4, 0.5) is 22.7 Å². The Morgan fingerprint density at radius 3 is 2.21 bits per heavy atom. The van der Waals surface area contributed by atoms with Crippen LogP contribution in [0, 0.1) is 36.3 Å². The van der Waals surface area contributed by atoms with Crippen molar-refractivity contribution in [3.8, 4) is 0 Å². The van der Waals surface area contributed by atoms with Crippen LogP contribution < -0.4 is 5.32 Å². The standard InChI is InChI=1S/C25H19ClN4O8S/c26-22-19(39-18-4-2-1-3-16(18)29(35)36)11-15-20(22)21-17(30(37)38)10-9-14(25(31)32)24(21)27-23(15)12-5-7-13(8-6-12)28(33)34/h1-10,15,19-20,22-23,27H,11H2,(H,31,32)/t15-,19+,20+,22+,23-/m0/s1. The second kappa shape index (κ2) is 10.2. The van der Waals surface area contributed by atoms with Gasteiger partial charge in [0.2, 0.25) is 0 Å². The van der Waals surface area contributed by atoms with Gasteiger partial charge in [0.25, 0.3) is 17.1 Å². The predicted molar refractivity (Wildman–Crippen MR) is 143 cm³/mol. The molecule has 0 saturated heterocycles. The van der Waals surface area contributed by atoms with Gasteiger partial charge in [0, 0.05) is 35.4 Å². The number of carboxylic acids is 1. The van der Waals surface area contributed by atoms with Crippen LogP contribution in [0.2, 0.25) is 0 Å². The zero-order chi connectivity index (χ0) is 28.0. The van der Waals surface area contributed by atoms with E-state index in [1.807, 2.05) is 0 Å². The van der Waals surface area contributed by atoms with E-state index in [9.17, 15) is 40.2 Å². The summed E-state index contributed by atoms with van der Waals surface area (Å²) in [5, 5.41) is 46.7. The molecule has 0 radical (unpaired) electrons. The number of hydrogen-bond acceptors (Lipinski definition) is 9. The molecule has 1 aliphatic carbocycles. The molecule has 12 nitrogen and oxygen atoms in total. The lowest BCUT2D eigenvalue weighted by Crippen LogP contribution is -2.33. The van der Waals surface area contributed by atoms with E-state index in [4.69, 9.17) is 11.6 Å². The SMILES string of the molecule is O=C(O)c1ccc([N+](=O)[O-])c2c1N[C@@H](c1ccc([N+](=O)[O-])cc1)[C@H]1C[C@@H](Sc3ccccc3[N+](=O)[O-])[C@@H](Cl)[C@@H]21. The molecule has 0 unspecified atom stereocenters. The van der Waals surface area contributed by atoms with E-state index in [0.29, 0.717) is 16.9 Å². The maximum atomic E-state index is 12.1. The molecule has 0 amide bonds. The van der Waals surface area contributed by atoms with Crippen molar-refractivity contribution >= 4 is 52.1 Å². The van der Waals surface area contributed by atoms with Crippen molar-refractivity contribution in [2.45, 2.75) is 33.9 Å². The van der Waals surface area contributed by atoms with Gasteiger partial charge in [-0.25, -0.2) is 4.79 Å². The number of para-hydroxylation sites is 1. The average molecular weight is 571 g/mol. The number of alkyl halides is 1. The Hall–Kier alpha value is -4.23. The third-order valence-electron chi connectivity index (χ3n) is 7.18. The summed E-state index contributed by atoms with van der Waals surface area (Å²) in [6, 6.07) is 13.7. The van der Waals surface area contributed by atoms with Crippen molar-refractivity contribution in [2.75, 3.05) is 5.32 Å². The second-order valence-electron chi connectivity index (χ2n) is 9.20. The molecular weight excluding hydrogens is 552 g/mol.